The van der Waals surface area contributed by atoms with Gasteiger partial charge in [-0.2, -0.15) is 0 Å². The Hall–Kier alpha value is -0.570. The van der Waals surface area contributed by atoms with E-state index < -0.39 is 0 Å². The first-order valence-corrected chi connectivity index (χ1v) is 8.70. The van der Waals surface area contributed by atoms with E-state index in [9.17, 15) is 4.79 Å². The molecule has 0 bridgehead atoms. The van der Waals surface area contributed by atoms with Crippen LogP contribution in [-0.4, -0.2) is 37.0 Å². The molecule has 1 aliphatic heterocycles. The topological polar surface area (TPSA) is 32.3 Å². The number of carbonyl (C=O) groups is 1. The highest BCUT2D eigenvalue weighted by atomic mass is 16.2. The van der Waals surface area contributed by atoms with Gasteiger partial charge in [-0.1, -0.05) is 40.0 Å². The first-order chi connectivity index (χ1) is 9.70. The molecule has 0 aromatic rings. The van der Waals surface area contributed by atoms with Crippen molar-refractivity contribution in [2.24, 2.45) is 5.41 Å². The van der Waals surface area contributed by atoms with Crippen LogP contribution in [0.15, 0.2) is 0 Å². The largest absolute Gasteiger partial charge is 0.342 e. The van der Waals surface area contributed by atoms with E-state index in [4.69, 9.17) is 0 Å². The summed E-state index contributed by atoms with van der Waals surface area (Å²) < 4.78 is 0. The lowest BCUT2D eigenvalue weighted by molar-refractivity contribution is -0.144. The van der Waals surface area contributed by atoms with Gasteiger partial charge in [0.15, 0.2) is 0 Å². The zero-order chi connectivity index (χ0) is 14.8. The molecule has 0 radical (unpaired) electrons. The van der Waals surface area contributed by atoms with Crippen molar-refractivity contribution in [1.82, 2.24) is 10.2 Å². The molecule has 1 amide bonds. The predicted molar refractivity (Wildman–Crippen MR) is 85.8 cm³/mol. The number of carbonyl (C=O) groups excluding carboxylic acids is 1. The van der Waals surface area contributed by atoms with E-state index in [1.807, 2.05) is 0 Å². The van der Waals surface area contributed by atoms with Crippen LogP contribution in [0.2, 0.25) is 0 Å². The summed E-state index contributed by atoms with van der Waals surface area (Å²) in [6.07, 6.45) is 8.93. The van der Waals surface area contributed by atoms with Crippen molar-refractivity contribution in [3.05, 3.63) is 0 Å². The summed E-state index contributed by atoms with van der Waals surface area (Å²) in [4.78, 5) is 15.3. The van der Waals surface area contributed by atoms with Crippen LogP contribution >= 0.6 is 0 Å². The monoisotopic (exact) mass is 282 g/mol. The molecule has 0 aliphatic carbocycles. The molecule has 3 heteroatoms. The molecule has 3 nitrogen and oxygen atoms in total. The van der Waals surface area contributed by atoms with E-state index in [-0.39, 0.29) is 5.41 Å². The van der Waals surface area contributed by atoms with Gasteiger partial charge in [-0.15, -0.1) is 0 Å². The van der Waals surface area contributed by atoms with Gasteiger partial charge in [-0.25, -0.2) is 0 Å². The maximum atomic E-state index is 13.1. The molecule has 1 fully saturated rings. The second-order valence-electron chi connectivity index (χ2n) is 6.31. The molecule has 1 atom stereocenters. The quantitative estimate of drug-likeness (QED) is 0.701. The van der Waals surface area contributed by atoms with Crippen molar-refractivity contribution in [1.29, 1.82) is 0 Å². The number of hydrogen-bond acceptors (Lipinski definition) is 2. The van der Waals surface area contributed by atoms with Crippen LogP contribution in [0, 0.1) is 5.41 Å². The van der Waals surface area contributed by atoms with Crippen molar-refractivity contribution in [3.63, 3.8) is 0 Å². The van der Waals surface area contributed by atoms with Crippen molar-refractivity contribution in [3.8, 4) is 0 Å². The number of rotatable bonds is 9. The molecule has 1 rings (SSSR count). The molecule has 1 aliphatic rings. The van der Waals surface area contributed by atoms with Crippen LogP contribution in [0.5, 0.6) is 0 Å². The average molecular weight is 282 g/mol. The Morgan fingerprint density at radius 2 is 1.75 bits per heavy atom. The van der Waals surface area contributed by atoms with Crippen LogP contribution in [-0.2, 0) is 4.79 Å². The summed E-state index contributed by atoms with van der Waals surface area (Å²) >= 11 is 0. The second-order valence-corrected chi connectivity index (χ2v) is 6.31. The van der Waals surface area contributed by atoms with E-state index in [0.29, 0.717) is 5.91 Å². The Kier molecular flexibility index (Phi) is 8.20. The van der Waals surface area contributed by atoms with Crippen molar-refractivity contribution in [2.75, 3.05) is 26.2 Å². The molecule has 0 saturated carbocycles. The fraction of sp³-hybridized carbons (Fsp3) is 0.941. The minimum absolute atomic E-state index is 0.117. The molecule has 0 aromatic carbocycles. The van der Waals surface area contributed by atoms with Crippen LogP contribution in [0.1, 0.15) is 72.1 Å². The Labute approximate surface area is 125 Å². The van der Waals surface area contributed by atoms with Crippen LogP contribution in [0.4, 0.5) is 0 Å². The standard InChI is InChI=1S/C17H34N2O/c1-4-7-13-19(14-8-5-2)16(20)17(10-6-3)11-9-12-18-15-17/h18H,4-15H2,1-3H3. The summed E-state index contributed by atoms with van der Waals surface area (Å²) in [6.45, 7) is 10.4. The van der Waals surface area contributed by atoms with Gasteiger partial charge in [0.25, 0.3) is 0 Å². The maximum absolute atomic E-state index is 13.1. The fourth-order valence-corrected chi connectivity index (χ4v) is 3.30. The predicted octanol–water partition coefficient (Wildman–Crippen LogP) is 3.59. The van der Waals surface area contributed by atoms with Gasteiger partial charge in [0.1, 0.15) is 0 Å². The van der Waals surface area contributed by atoms with Gasteiger partial charge in [0.05, 0.1) is 5.41 Å². The van der Waals surface area contributed by atoms with Gasteiger partial charge < -0.3 is 10.2 Å². The molecular weight excluding hydrogens is 248 g/mol. The van der Waals surface area contributed by atoms with Crippen molar-refractivity contribution < 1.29 is 4.79 Å². The van der Waals surface area contributed by atoms with E-state index in [1.165, 1.54) is 0 Å². The molecule has 1 heterocycles. The molecule has 20 heavy (non-hydrogen) atoms. The van der Waals surface area contributed by atoms with Gasteiger partial charge >= 0.3 is 0 Å². The van der Waals surface area contributed by atoms with Gasteiger partial charge in [-0.05, 0) is 38.6 Å². The highest BCUT2D eigenvalue weighted by Gasteiger charge is 2.40. The molecule has 0 aromatic heterocycles. The Balaban J connectivity index is 2.75. The normalized spacial score (nSPS) is 22.8. The lowest BCUT2D eigenvalue weighted by atomic mass is 9.75. The molecule has 1 unspecified atom stereocenters. The molecule has 1 saturated heterocycles. The van der Waals surface area contributed by atoms with Gasteiger partial charge in [0, 0.05) is 19.6 Å². The molecule has 118 valence electrons. The van der Waals surface area contributed by atoms with E-state index in [1.54, 1.807) is 0 Å². The SMILES string of the molecule is CCCCN(CCCC)C(=O)C1(CCC)CCCNC1. The lowest BCUT2D eigenvalue weighted by Gasteiger charge is -2.40. The Morgan fingerprint density at radius 1 is 1.10 bits per heavy atom. The summed E-state index contributed by atoms with van der Waals surface area (Å²) in [5.41, 5.74) is -0.117. The Bertz CT molecular complexity index is 259. The first-order valence-electron chi connectivity index (χ1n) is 8.70. The molecular formula is C17H34N2O. The highest BCUT2D eigenvalue weighted by Crippen LogP contribution is 2.34. The summed E-state index contributed by atoms with van der Waals surface area (Å²) in [5.74, 6) is 0.424. The number of nitrogens with one attached hydrogen (secondary N) is 1. The highest BCUT2D eigenvalue weighted by molar-refractivity contribution is 5.83. The van der Waals surface area contributed by atoms with Crippen molar-refractivity contribution in [2.45, 2.75) is 72.1 Å². The second kappa shape index (κ2) is 9.38. The minimum atomic E-state index is -0.117. The summed E-state index contributed by atoms with van der Waals surface area (Å²) in [5, 5.41) is 3.46. The summed E-state index contributed by atoms with van der Waals surface area (Å²) in [7, 11) is 0. The molecule has 1 N–H and O–H groups in total. The van der Waals surface area contributed by atoms with Gasteiger partial charge in [0.2, 0.25) is 5.91 Å². The van der Waals surface area contributed by atoms with E-state index >= 15 is 0 Å². The number of hydrogen-bond donors (Lipinski definition) is 1. The van der Waals surface area contributed by atoms with Crippen LogP contribution < -0.4 is 5.32 Å². The maximum Gasteiger partial charge on any atom is 0.230 e. The first kappa shape index (κ1) is 17.5. The third-order valence-corrected chi connectivity index (χ3v) is 4.50. The summed E-state index contributed by atoms with van der Waals surface area (Å²) in [6, 6.07) is 0. The van der Waals surface area contributed by atoms with Crippen LogP contribution in [0.25, 0.3) is 0 Å². The number of nitrogens with zero attached hydrogens (tertiary/aromatic N) is 1. The number of unbranched alkanes of at least 4 members (excludes halogenated alkanes) is 2. The zero-order valence-electron chi connectivity index (χ0n) is 13.8. The zero-order valence-corrected chi connectivity index (χ0v) is 13.8. The lowest BCUT2D eigenvalue weighted by Crippen LogP contribution is -2.52. The third kappa shape index (κ3) is 4.76. The third-order valence-electron chi connectivity index (χ3n) is 4.50. The molecule has 0 spiro atoms. The Morgan fingerprint density at radius 3 is 2.20 bits per heavy atom. The van der Waals surface area contributed by atoms with E-state index in [2.05, 4.69) is 31.0 Å². The fourth-order valence-electron chi connectivity index (χ4n) is 3.30. The average Bonchev–Trinajstić information content (AvgIpc) is 2.48. The van der Waals surface area contributed by atoms with E-state index in [0.717, 1.165) is 77.5 Å². The minimum Gasteiger partial charge on any atom is -0.342 e. The number of piperidine rings is 1. The number of amides is 1. The van der Waals surface area contributed by atoms with Crippen LogP contribution in [0.3, 0.4) is 0 Å². The smallest absolute Gasteiger partial charge is 0.230 e. The van der Waals surface area contributed by atoms with Crippen molar-refractivity contribution >= 4 is 5.91 Å². The van der Waals surface area contributed by atoms with Gasteiger partial charge in [-0.3, -0.25) is 4.79 Å².